The highest BCUT2D eigenvalue weighted by molar-refractivity contribution is 6.30. The number of amides is 1. The summed E-state index contributed by atoms with van der Waals surface area (Å²) in [5.74, 6) is 0.116. The summed E-state index contributed by atoms with van der Waals surface area (Å²) in [6.45, 7) is 6.43. The third-order valence-electron chi connectivity index (χ3n) is 5.68. The maximum Gasteiger partial charge on any atom is 0.254 e. The third kappa shape index (κ3) is 4.74. The van der Waals surface area contributed by atoms with Gasteiger partial charge >= 0.3 is 0 Å². The van der Waals surface area contributed by atoms with Crippen LogP contribution in [0.2, 0.25) is 5.02 Å². The van der Waals surface area contributed by atoms with E-state index < -0.39 is 0 Å². The minimum Gasteiger partial charge on any atom is -0.371 e. The summed E-state index contributed by atoms with van der Waals surface area (Å²) >= 11 is 6.14. The van der Waals surface area contributed by atoms with Gasteiger partial charge in [0.25, 0.3) is 5.91 Å². The van der Waals surface area contributed by atoms with Crippen LogP contribution in [0.15, 0.2) is 54.7 Å². The molecule has 2 aromatic carbocycles. The number of nitrogens with one attached hydrogen (secondary N) is 1. The summed E-state index contributed by atoms with van der Waals surface area (Å²) in [5.41, 5.74) is 3.29. The molecule has 4 rings (SSSR count). The van der Waals surface area contributed by atoms with Gasteiger partial charge in [0.2, 0.25) is 0 Å². The maximum absolute atomic E-state index is 13.2. The van der Waals surface area contributed by atoms with E-state index in [0.29, 0.717) is 23.0 Å². The molecule has 1 fully saturated rings. The van der Waals surface area contributed by atoms with Crippen LogP contribution in [0, 0.1) is 11.7 Å². The molecule has 1 aliphatic rings. The zero-order valence-electron chi connectivity index (χ0n) is 17.7. The van der Waals surface area contributed by atoms with Crippen molar-refractivity contribution < 1.29 is 9.18 Å². The molecule has 7 heteroatoms. The Kier molecular flexibility index (Phi) is 6.28. The van der Waals surface area contributed by atoms with Gasteiger partial charge in [0.15, 0.2) is 0 Å². The third-order valence-corrected chi connectivity index (χ3v) is 5.91. The number of benzene rings is 2. The van der Waals surface area contributed by atoms with Gasteiger partial charge in [0, 0.05) is 30.3 Å². The Balaban J connectivity index is 1.43. The highest BCUT2D eigenvalue weighted by atomic mass is 35.5. The zero-order chi connectivity index (χ0) is 22.0. The van der Waals surface area contributed by atoms with Gasteiger partial charge in [-0.05, 0) is 60.7 Å². The molecular weight excluding hydrogens is 415 g/mol. The topological polar surface area (TPSA) is 50.2 Å². The van der Waals surface area contributed by atoms with Crippen molar-refractivity contribution in [3.05, 3.63) is 76.8 Å². The second-order valence-corrected chi connectivity index (χ2v) is 8.71. The highest BCUT2D eigenvalue weighted by Gasteiger charge is 2.25. The van der Waals surface area contributed by atoms with Crippen LogP contribution in [0.5, 0.6) is 0 Å². The smallest absolute Gasteiger partial charge is 0.254 e. The molecule has 1 aliphatic heterocycles. The molecule has 0 spiro atoms. The summed E-state index contributed by atoms with van der Waals surface area (Å²) < 4.78 is 14.9. The van der Waals surface area contributed by atoms with E-state index >= 15 is 0 Å². The molecule has 1 unspecified atom stereocenters. The van der Waals surface area contributed by atoms with E-state index in [2.05, 4.69) is 15.3 Å². The lowest BCUT2D eigenvalue weighted by atomic mass is 10.0. The predicted octanol–water partition coefficient (Wildman–Crippen LogP) is 5.04. The van der Waals surface area contributed by atoms with Crippen molar-refractivity contribution in [2.24, 2.45) is 5.92 Å². The number of nitrogens with zero attached hydrogens (tertiary/aromatic N) is 3. The first-order chi connectivity index (χ1) is 14.9. The Morgan fingerprint density at radius 3 is 2.71 bits per heavy atom. The Labute approximate surface area is 186 Å². The van der Waals surface area contributed by atoms with Gasteiger partial charge < -0.3 is 10.2 Å². The lowest BCUT2D eigenvalue weighted by Crippen LogP contribution is -2.31. The molecule has 0 saturated carbocycles. The fraction of sp³-hybridized carbons (Fsp3) is 0.333. The van der Waals surface area contributed by atoms with E-state index in [1.54, 1.807) is 23.0 Å². The largest absolute Gasteiger partial charge is 0.371 e. The summed E-state index contributed by atoms with van der Waals surface area (Å²) in [5, 5.41) is 8.18. The van der Waals surface area contributed by atoms with Crippen molar-refractivity contribution in [3.63, 3.8) is 0 Å². The van der Waals surface area contributed by atoms with E-state index in [1.165, 1.54) is 12.1 Å². The highest BCUT2D eigenvalue weighted by Crippen LogP contribution is 2.26. The van der Waals surface area contributed by atoms with Crippen molar-refractivity contribution in [1.29, 1.82) is 0 Å². The molecule has 1 N–H and O–H groups in total. The molecule has 3 aromatic rings. The Hall–Kier alpha value is -2.86. The summed E-state index contributed by atoms with van der Waals surface area (Å²) in [7, 11) is 0. The zero-order valence-corrected chi connectivity index (χ0v) is 18.4. The van der Waals surface area contributed by atoms with Crippen LogP contribution in [-0.4, -0.2) is 35.3 Å². The van der Waals surface area contributed by atoms with E-state index in [1.807, 2.05) is 38.1 Å². The molecule has 0 radical (unpaired) electrons. The number of rotatable bonds is 6. The number of aromatic nitrogens is 2. The summed E-state index contributed by atoms with van der Waals surface area (Å²) in [4.78, 5) is 15.2. The number of hydrogen-bond acceptors (Lipinski definition) is 3. The van der Waals surface area contributed by atoms with E-state index in [4.69, 9.17) is 11.6 Å². The average molecular weight is 441 g/mol. The second-order valence-electron chi connectivity index (χ2n) is 8.28. The first-order valence-electron chi connectivity index (χ1n) is 10.5. The quantitative estimate of drug-likeness (QED) is 0.583. The number of halogens is 2. The second kappa shape index (κ2) is 9.10. The van der Waals surface area contributed by atoms with Crippen molar-refractivity contribution in [1.82, 2.24) is 15.1 Å². The standard InChI is InChI=1S/C24H26ClFN4O/c1-16(2)23-22(14-28-30(23)21-5-3-4-18(25)12-21)24(31)27-13-17-10-11-29(15-17)20-8-6-19(26)7-9-20/h3-9,12,14,16-17H,10-11,13,15H2,1-2H3,(H,27,31). The Bertz CT molecular complexity index is 1060. The molecule has 1 aromatic heterocycles. The molecule has 0 aliphatic carbocycles. The Morgan fingerprint density at radius 2 is 2.00 bits per heavy atom. The van der Waals surface area contributed by atoms with Gasteiger partial charge in [-0.2, -0.15) is 5.10 Å². The van der Waals surface area contributed by atoms with Crippen molar-refractivity contribution >= 4 is 23.2 Å². The molecule has 2 heterocycles. The lowest BCUT2D eigenvalue weighted by molar-refractivity contribution is 0.0947. The normalized spacial score (nSPS) is 16.2. The molecule has 1 atom stereocenters. The van der Waals surface area contributed by atoms with Crippen LogP contribution in [0.1, 0.15) is 42.2 Å². The molecule has 0 bridgehead atoms. The SMILES string of the molecule is CC(C)c1c(C(=O)NCC2CCN(c3ccc(F)cc3)C2)cnn1-c1cccc(Cl)c1. The van der Waals surface area contributed by atoms with Crippen LogP contribution in [0.4, 0.5) is 10.1 Å². The van der Waals surface area contributed by atoms with Crippen LogP contribution >= 0.6 is 11.6 Å². The van der Waals surface area contributed by atoms with Gasteiger partial charge in [0.1, 0.15) is 5.82 Å². The van der Waals surface area contributed by atoms with Gasteiger partial charge in [-0.15, -0.1) is 0 Å². The van der Waals surface area contributed by atoms with Gasteiger partial charge in [-0.1, -0.05) is 31.5 Å². The average Bonchev–Trinajstić information content (AvgIpc) is 3.40. The van der Waals surface area contributed by atoms with Crippen molar-refractivity contribution in [2.75, 3.05) is 24.5 Å². The molecule has 5 nitrogen and oxygen atoms in total. The van der Waals surface area contributed by atoms with E-state index in [9.17, 15) is 9.18 Å². The van der Waals surface area contributed by atoms with Gasteiger partial charge in [-0.25, -0.2) is 9.07 Å². The first kappa shape index (κ1) is 21.4. The van der Waals surface area contributed by atoms with Crippen molar-refractivity contribution in [2.45, 2.75) is 26.2 Å². The maximum atomic E-state index is 13.2. The predicted molar refractivity (Wildman–Crippen MR) is 122 cm³/mol. The molecule has 162 valence electrons. The summed E-state index contributed by atoms with van der Waals surface area (Å²) in [6.07, 6.45) is 2.61. The number of carbonyl (C=O) groups excluding carboxylic acids is 1. The lowest BCUT2D eigenvalue weighted by Gasteiger charge is -2.19. The minimum atomic E-state index is -0.231. The molecular formula is C24H26ClFN4O. The molecule has 1 amide bonds. The van der Waals surface area contributed by atoms with Crippen LogP contribution < -0.4 is 10.2 Å². The van der Waals surface area contributed by atoms with Crippen LogP contribution in [-0.2, 0) is 0 Å². The van der Waals surface area contributed by atoms with Gasteiger partial charge in [-0.3, -0.25) is 4.79 Å². The van der Waals surface area contributed by atoms with Crippen molar-refractivity contribution in [3.8, 4) is 5.69 Å². The minimum absolute atomic E-state index is 0.114. The molecule has 1 saturated heterocycles. The van der Waals surface area contributed by atoms with Gasteiger partial charge in [0.05, 0.1) is 23.1 Å². The Morgan fingerprint density at radius 1 is 1.23 bits per heavy atom. The van der Waals surface area contributed by atoms with Crippen LogP contribution in [0.3, 0.4) is 0 Å². The monoisotopic (exact) mass is 440 g/mol. The fourth-order valence-electron chi connectivity index (χ4n) is 4.12. The molecule has 31 heavy (non-hydrogen) atoms. The van der Waals surface area contributed by atoms with Crippen LogP contribution in [0.25, 0.3) is 5.69 Å². The fourth-order valence-corrected chi connectivity index (χ4v) is 4.30. The number of carbonyl (C=O) groups is 1. The number of anilines is 1. The first-order valence-corrected chi connectivity index (χ1v) is 10.9. The van der Waals surface area contributed by atoms with E-state index in [-0.39, 0.29) is 17.6 Å². The van der Waals surface area contributed by atoms with E-state index in [0.717, 1.165) is 36.6 Å². The number of hydrogen-bond donors (Lipinski definition) is 1. The summed E-state index contributed by atoms with van der Waals surface area (Å²) in [6, 6.07) is 14.0.